The molecule has 0 spiro atoms. The van der Waals surface area contributed by atoms with Gasteiger partial charge in [-0.05, 0) is 37.3 Å². The monoisotopic (exact) mass is 404 g/mol. The number of para-hydroxylation sites is 1. The fourth-order valence-corrected chi connectivity index (χ4v) is 4.75. The zero-order valence-corrected chi connectivity index (χ0v) is 18.1. The molecule has 2 aromatic carbocycles. The van der Waals surface area contributed by atoms with Gasteiger partial charge < -0.3 is 10.2 Å². The molecule has 0 aliphatic carbocycles. The fourth-order valence-electron chi connectivity index (χ4n) is 4.75. The Kier molecular flexibility index (Phi) is 6.48. The average molecular weight is 405 g/mol. The van der Waals surface area contributed by atoms with Crippen LogP contribution in [0.25, 0.3) is 22.2 Å². The summed E-state index contributed by atoms with van der Waals surface area (Å²) >= 11 is 0. The van der Waals surface area contributed by atoms with E-state index in [4.69, 9.17) is 5.10 Å². The van der Waals surface area contributed by atoms with Crippen molar-refractivity contribution >= 4 is 16.8 Å². The molecular weight excluding hydrogens is 372 g/mol. The highest BCUT2D eigenvalue weighted by atomic mass is 16.2. The van der Waals surface area contributed by atoms with Gasteiger partial charge in [-0.3, -0.25) is 9.48 Å². The minimum atomic E-state index is 0.0169. The Balaban J connectivity index is 1.35. The van der Waals surface area contributed by atoms with Crippen LogP contribution in [0.4, 0.5) is 0 Å². The summed E-state index contributed by atoms with van der Waals surface area (Å²) in [6.45, 7) is 9.04. The summed E-state index contributed by atoms with van der Waals surface area (Å²) in [7, 11) is 0. The Morgan fingerprint density at radius 2 is 1.73 bits per heavy atom. The second-order valence-corrected chi connectivity index (χ2v) is 8.80. The number of piperidine rings is 1. The predicted molar refractivity (Wildman–Crippen MR) is 122 cm³/mol. The molecule has 1 fully saturated rings. The number of nitrogens with zero attached hydrogens (tertiary/aromatic N) is 3. The van der Waals surface area contributed by atoms with Gasteiger partial charge >= 0.3 is 0 Å². The van der Waals surface area contributed by atoms with Crippen LogP contribution >= 0.6 is 0 Å². The van der Waals surface area contributed by atoms with Gasteiger partial charge in [0.2, 0.25) is 5.91 Å². The molecular formula is C25H32N4O. The van der Waals surface area contributed by atoms with Crippen LogP contribution in [-0.4, -0.2) is 46.8 Å². The van der Waals surface area contributed by atoms with Crippen LogP contribution < -0.4 is 5.32 Å². The van der Waals surface area contributed by atoms with Gasteiger partial charge in [-0.1, -0.05) is 62.4 Å². The Labute approximate surface area is 179 Å². The molecule has 158 valence electrons. The van der Waals surface area contributed by atoms with E-state index in [0.29, 0.717) is 6.54 Å². The Morgan fingerprint density at radius 3 is 2.50 bits per heavy atom. The number of amides is 1. The van der Waals surface area contributed by atoms with Crippen molar-refractivity contribution in [1.82, 2.24) is 20.0 Å². The third kappa shape index (κ3) is 4.90. The molecule has 5 nitrogen and oxygen atoms in total. The van der Waals surface area contributed by atoms with Gasteiger partial charge in [0.1, 0.15) is 12.2 Å². The number of rotatable bonds is 7. The van der Waals surface area contributed by atoms with Gasteiger partial charge in [0, 0.05) is 30.6 Å². The number of hydrogen-bond acceptors (Lipinski definition) is 3. The second-order valence-electron chi connectivity index (χ2n) is 8.80. The van der Waals surface area contributed by atoms with Gasteiger partial charge in [-0.15, -0.1) is 0 Å². The number of fused-ring (bicyclic) bond motifs is 1. The second kappa shape index (κ2) is 9.43. The first-order chi connectivity index (χ1) is 14.6. The maximum absolute atomic E-state index is 12.6. The molecule has 1 aromatic heterocycles. The van der Waals surface area contributed by atoms with Crippen LogP contribution in [0.1, 0.15) is 26.7 Å². The van der Waals surface area contributed by atoms with Crippen molar-refractivity contribution < 1.29 is 4.79 Å². The Hall–Kier alpha value is -2.66. The van der Waals surface area contributed by atoms with E-state index in [1.807, 2.05) is 41.1 Å². The molecule has 5 heteroatoms. The summed E-state index contributed by atoms with van der Waals surface area (Å²) in [4.78, 5) is 15.1. The number of carbonyl (C=O) groups is 1. The minimum absolute atomic E-state index is 0.0169. The van der Waals surface area contributed by atoms with Crippen molar-refractivity contribution in [2.45, 2.75) is 33.2 Å². The molecule has 2 heterocycles. The minimum Gasteiger partial charge on any atom is -0.354 e. The van der Waals surface area contributed by atoms with Gasteiger partial charge in [-0.25, -0.2) is 0 Å². The quantitative estimate of drug-likeness (QED) is 0.601. The lowest BCUT2D eigenvalue weighted by Gasteiger charge is -2.34. The van der Waals surface area contributed by atoms with E-state index in [2.05, 4.69) is 42.3 Å². The Morgan fingerprint density at radius 1 is 1.03 bits per heavy atom. The Bertz CT molecular complexity index is 971. The largest absolute Gasteiger partial charge is 0.354 e. The van der Waals surface area contributed by atoms with Crippen molar-refractivity contribution in [3.05, 3.63) is 54.6 Å². The van der Waals surface area contributed by atoms with Crippen LogP contribution in [0.3, 0.4) is 0 Å². The molecule has 1 aliphatic heterocycles. The van der Waals surface area contributed by atoms with Crippen molar-refractivity contribution in [1.29, 1.82) is 0 Å². The lowest BCUT2D eigenvalue weighted by atomic mass is 9.92. The van der Waals surface area contributed by atoms with Crippen molar-refractivity contribution in [2.24, 2.45) is 11.8 Å². The van der Waals surface area contributed by atoms with Crippen LogP contribution in [0.15, 0.2) is 54.6 Å². The zero-order chi connectivity index (χ0) is 20.9. The molecule has 3 aromatic rings. The standard InChI is InChI=1S/C25H32N4O/c1-19-15-20(2)17-28(16-19)14-8-13-26-24(30)18-29-23-12-7-6-11-22(23)25(27-29)21-9-4-3-5-10-21/h3-7,9-12,19-20H,8,13-18H2,1-2H3,(H,26,30). The van der Waals surface area contributed by atoms with E-state index in [1.165, 1.54) is 19.5 Å². The molecule has 2 atom stereocenters. The average Bonchev–Trinajstić information content (AvgIpc) is 3.10. The third-order valence-corrected chi connectivity index (χ3v) is 5.92. The van der Waals surface area contributed by atoms with E-state index in [-0.39, 0.29) is 12.5 Å². The molecule has 1 saturated heterocycles. The van der Waals surface area contributed by atoms with Crippen molar-refractivity contribution in [2.75, 3.05) is 26.2 Å². The lowest BCUT2D eigenvalue weighted by molar-refractivity contribution is -0.121. The van der Waals surface area contributed by atoms with Gasteiger partial charge in [-0.2, -0.15) is 5.10 Å². The third-order valence-electron chi connectivity index (χ3n) is 5.92. The highest BCUT2D eigenvalue weighted by Crippen LogP contribution is 2.27. The van der Waals surface area contributed by atoms with E-state index in [9.17, 15) is 4.79 Å². The zero-order valence-electron chi connectivity index (χ0n) is 18.1. The molecule has 1 amide bonds. The summed E-state index contributed by atoms with van der Waals surface area (Å²) in [6, 6.07) is 18.3. The lowest BCUT2D eigenvalue weighted by Crippen LogP contribution is -2.40. The topological polar surface area (TPSA) is 50.2 Å². The van der Waals surface area contributed by atoms with Crippen LogP contribution in [0.2, 0.25) is 0 Å². The summed E-state index contributed by atoms with van der Waals surface area (Å²) in [5.74, 6) is 1.56. The number of benzene rings is 2. The highest BCUT2D eigenvalue weighted by Gasteiger charge is 2.21. The van der Waals surface area contributed by atoms with E-state index < -0.39 is 0 Å². The normalized spacial score (nSPS) is 19.8. The summed E-state index contributed by atoms with van der Waals surface area (Å²) < 4.78 is 1.82. The first-order valence-electron chi connectivity index (χ1n) is 11.1. The summed E-state index contributed by atoms with van der Waals surface area (Å²) in [6.07, 6.45) is 2.32. The summed E-state index contributed by atoms with van der Waals surface area (Å²) in [5.41, 5.74) is 2.98. The van der Waals surface area contributed by atoms with Gasteiger partial charge in [0.15, 0.2) is 0 Å². The number of likely N-dealkylation sites (tertiary alicyclic amines) is 1. The molecule has 1 N–H and O–H groups in total. The number of nitrogens with one attached hydrogen (secondary N) is 1. The van der Waals surface area contributed by atoms with Crippen LogP contribution in [-0.2, 0) is 11.3 Å². The van der Waals surface area contributed by atoms with E-state index in [1.54, 1.807) is 0 Å². The molecule has 0 bridgehead atoms. The van der Waals surface area contributed by atoms with Gasteiger partial charge in [0.05, 0.1) is 5.52 Å². The number of hydrogen-bond donors (Lipinski definition) is 1. The van der Waals surface area contributed by atoms with Gasteiger partial charge in [0.25, 0.3) is 0 Å². The maximum Gasteiger partial charge on any atom is 0.241 e. The molecule has 30 heavy (non-hydrogen) atoms. The smallest absolute Gasteiger partial charge is 0.241 e. The van der Waals surface area contributed by atoms with Crippen LogP contribution in [0.5, 0.6) is 0 Å². The molecule has 0 radical (unpaired) electrons. The summed E-state index contributed by atoms with van der Waals surface area (Å²) in [5, 5.41) is 8.92. The molecule has 4 rings (SSSR count). The highest BCUT2D eigenvalue weighted by molar-refractivity contribution is 5.94. The van der Waals surface area contributed by atoms with E-state index in [0.717, 1.165) is 47.0 Å². The fraction of sp³-hybridized carbons (Fsp3) is 0.440. The number of carbonyl (C=O) groups excluding carboxylic acids is 1. The SMILES string of the molecule is CC1CC(C)CN(CCCNC(=O)Cn2nc(-c3ccccc3)c3ccccc32)C1. The maximum atomic E-state index is 12.6. The molecule has 1 aliphatic rings. The molecule has 0 saturated carbocycles. The first kappa shape index (κ1) is 20.6. The van der Waals surface area contributed by atoms with E-state index >= 15 is 0 Å². The van der Waals surface area contributed by atoms with Crippen molar-refractivity contribution in [3.8, 4) is 11.3 Å². The van der Waals surface area contributed by atoms with Crippen molar-refractivity contribution in [3.63, 3.8) is 0 Å². The number of aromatic nitrogens is 2. The predicted octanol–water partition coefficient (Wildman–Crippen LogP) is 4.19. The van der Waals surface area contributed by atoms with Crippen LogP contribution in [0, 0.1) is 11.8 Å². The molecule has 2 unspecified atom stereocenters. The first-order valence-corrected chi connectivity index (χ1v) is 11.1.